The van der Waals surface area contributed by atoms with E-state index in [0.29, 0.717) is 5.69 Å². The fourth-order valence-corrected chi connectivity index (χ4v) is 1.95. The largest absolute Gasteiger partial charge is 0.525 e. The van der Waals surface area contributed by atoms with Crippen molar-refractivity contribution in [3.05, 3.63) is 40.6 Å². The van der Waals surface area contributed by atoms with E-state index in [9.17, 15) is 9.36 Å². The molecule has 0 radical (unpaired) electrons. The molecular formula is C10H10Cl2NO5P. The van der Waals surface area contributed by atoms with Crippen LogP contribution in [-0.4, -0.2) is 22.7 Å². The second-order valence-electron chi connectivity index (χ2n) is 3.37. The van der Waals surface area contributed by atoms with Gasteiger partial charge in [0.15, 0.2) is 4.49 Å². The molecule has 2 N–H and O–H groups in total. The van der Waals surface area contributed by atoms with Crippen LogP contribution < -0.4 is 4.90 Å². The minimum atomic E-state index is -4.94. The van der Waals surface area contributed by atoms with Gasteiger partial charge in [-0.05, 0) is 12.1 Å². The zero-order valence-corrected chi connectivity index (χ0v) is 12.1. The number of benzene rings is 1. The summed E-state index contributed by atoms with van der Waals surface area (Å²) in [7, 11) is -3.55. The predicted octanol–water partition coefficient (Wildman–Crippen LogP) is 2.41. The molecule has 0 atom stereocenters. The molecule has 0 spiro atoms. The van der Waals surface area contributed by atoms with Crippen molar-refractivity contribution >= 4 is 42.6 Å². The highest BCUT2D eigenvalue weighted by molar-refractivity contribution is 7.46. The summed E-state index contributed by atoms with van der Waals surface area (Å²) in [6.45, 7) is 0. The van der Waals surface area contributed by atoms with Gasteiger partial charge in [0.25, 0.3) is 5.91 Å². The molecule has 0 unspecified atom stereocenters. The van der Waals surface area contributed by atoms with Crippen LogP contribution in [0.15, 0.2) is 40.6 Å². The van der Waals surface area contributed by atoms with Crippen LogP contribution in [0.4, 0.5) is 5.69 Å². The maximum atomic E-state index is 12.0. The lowest BCUT2D eigenvalue weighted by molar-refractivity contribution is -0.117. The normalized spacial score (nSPS) is 10.8. The van der Waals surface area contributed by atoms with Gasteiger partial charge in [0.1, 0.15) is 0 Å². The maximum Gasteiger partial charge on any atom is 0.525 e. The minimum absolute atomic E-state index is 0.480. The Bertz CT molecular complexity index is 538. The Hall–Kier alpha value is -1.04. The first kappa shape index (κ1) is 16.0. The summed E-state index contributed by atoms with van der Waals surface area (Å²) in [5, 5.41) is 0. The van der Waals surface area contributed by atoms with E-state index in [2.05, 4.69) is 4.52 Å². The van der Waals surface area contributed by atoms with Gasteiger partial charge in [-0.2, -0.15) is 0 Å². The molecule has 0 saturated heterocycles. The number of likely N-dealkylation sites (N-methyl/N-ethyl adjacent to an activating group) is 1. The van der Waals surface area contributed by atoms with E-state index in [-0.39, 0.29) is 0 Å². The van der Waals surface area contributed by atoms with Crippen LogP contribution in [0.1, 0.15) is 0 Å². The molecule has 0 fully saturated rings. The number of carbonyl (C=O) groups is 1. The topological polar surface area (TPSA) is 87.1 Å². The number of halogens is 2. The van der Waals surface area contributed by atoms with Gasteiger partial charge in [0.05, 0.1) is 0 Å². The highest BCUT2D eigenvalue weighted by Gasteiger charge is 2.28. The van der Waals surface area contributed by atoms with Gasteiger partial charge in [-0.1, -0.05) is 41.4 Å². The number of nitrogens with zero attached hydrogens (tertiary/aromatic N) is 1. The second-order valence-corrected chi connectivity index (χ2v) is 5.48. The monoisotopic (exact) mass is 325 g/mol. The summed E-state index contributed by atoms with van der Waals surface area (Å²) in [5.74, 6) is -1.70. The first-order chi connectivity index (χ1) is 8.72. The molecule has 0 aromatic heterocycles. The first-order valence-electron chi connectivity index (χ1n) is 4.86. The number of phosphoric ester groups is 1. The van der Waals surface area contributed by atoms with Crippen molar-refractivity contribution in [3.8, 4) is 0 Å². The van der Waals surface area contributed by atoms with Crippen LogP contribution in [0.2, 0.25) is 0 Å². The predicted molar refractivity (Wildman–Crippen MR) is 71.7 cm³/mol. The van der Waals surface area contributed by atoms with Gasteiger partial charge in [0, 0.05) is 12.7 Å². The van der Waals surface area contributed by atoms with E-state index in [1.165, 1.54) is 7.05 Å². The lowest BCUT2D eigenvalue weighted by Crippen LogP contribution is -2.28. The molecule has 0 aliphatic heterocycles. The molecule has 1 rings (SSSR count). The van der Waals surface area contributed by atoms with Crippen LogP contribution in [0.3, 0.4) is 0 Å². The Morgan fingerprint density at radius 3 is 2.21 bits per heavy atom. The van der Waals surface area contributed by atoms with Gasteiger partial charge in [-0.25, -0.2) is 4.57 Å². The summed E-state index contributed by atoms with van der Waals surface area (Å²) < 4.78 is 14.3. The fraction of sp³-hybridized carbons (Fsp3) is 0.100. The smallest absolute Gasteiger partial charge is 0.396 e. The van der Waals surface area contributed by atoms with Gasteiger partial charge in [-0.15, -0.1) is 0 Å². The quantitative estimate of drug-likeness (QED) is 0.504. The fourth-order valence-electron chi connectivity index (χ4n) is 1.19. The molecule has 0 aliphatic carbocycles. The number of para-hydroxylation sites is 1. The second kappa shape index (κ2) is 6.41. The van der Waals surface area contributed by atoms with E-state index in [4.69, 9.17) is 33.0 Å². The summed E-state index contributed by atoms with van der Waals surface area (Å²) in [5.41, 5.74) is 0.480. The standard InChI is InChI=1S/C10H10Cl2NO5P/c1-13(7-5-3-2-4-6-7)10(14)8(9(11)12)18-19(15,16)17/h2-6H,1H3,(H2,15,16,17). The van der Waals surface area contributed by atoms with Crippen molar-refractivity contribution in [3.63, 3.8) is 0 Å². The number of amides is 1. The van der Waals surface area contributed by atoms with Crippen LogP contribution in [0.5, 0.6) is 0 Å². The number of phosphoric acid groups is 1. The molecule has 19 heavy (non-hydrogen) atoms. The summed E-state index contributed by atoms with van der Waals surface area (Å²) in [4.78, 5) is 30.5. The Balaban J connectivity index is 3.03. The molecule has 1 aromatic rings. The Labute approximate surface area is 119 Å². The average molecular weight is 326 g/mol. The van der Waals surface area contributed by atoms with Gasteiger partial charge < -0.3 is 9.42 Å². The molecule has 6 nitrogen and oxygen atoms in total. The SMILES string of the molecule is CN(C(=O)C(OP(=O)(O)O)=C(Cl)Cl)c1ccccc1. The number of hydrogen-bond donors (Lipinski definition) is 2. The molecule has 1 amide bonds. The van der Waals surface area contributed by atoms with E-state index in [0.717, 1.165) is 4.90 Å². The van der Waals surface area contributed by atoms with E-state index in [1.807, 2.05) is 0 Å². The van der Waals surface area contributed by atoms with E-state index >= 15 is 0 Å². The first-order valence-corrected chi connectivity index (χ1v) is 7.14. The molecule has 1 aromatic carbocycles. The van der Waals surface area contributed by atoms with Crippen LogP contribution in [0.25, 0.3) is 0 Å². The molecular weight excluding hydrogens is 316 g/mol. The number of anilines is 1. The van der Waals surface area contributed by atoms with E-state index in [1.54, 1.807) is 30.3 Å². The summed E-state index contributed by atoms with van der Waals surface area (Å²) >= 11 is 10.8. The van der Waals surface area contributed by atoms with Crippen molar-refractivity contribution in [1.82, 2.24) is 0 Å². The zero-order chi connectivity index (χ0) is 14.6. The number of hydrogen-bond acceptors (Lipinski definition) is 3. The molecule has 104 valence electrons. The van der Waals surface area contributed by atoms with Crippen molar-refractivity contribution in [2.75, 3.05) is 11.9 Å². The summed E-state index contributed by atoms with van der Waals surface area (Å²) in [6, 6.07) is 8.37. The Morgan fingerprint density at radius 2 is 1.79 bits per heavy atom. The minimum Gasteiger partial charge on any atom is -0.396 e. The lowest BCUT2D eigenvalue weighted by Gasteiger charge is -2.19. The molecule has 0 heterocycles. The van der Waals surface area contributed by atoms with Crippen molar-refractivity contribution in [2.24, 2.45) is 0 Å². The molecule has 9 heteroatoms. The summed E-state index contributed by atoms with van der Waals surface area (Å²) in [6.07, 6.45) is 0. The third kappa shape index (κ3) is 4.86. The van der Waals surface area contributed by atoms with Crippen LogP contribution in [-0.2, 0) is 13.9 Å². The molecule has 0 bridgehead atoms. The molecule has 0 saturated carbocycles. The lowest BCUT2D eigenvalue weighted by atomic mass is 10.3. The maximum absolute atomic E-state index is 12.0. The third-order valence-corrected chi connectivity index (χ3v) is 2.79. The third-order valence-electron chi connectivity index (χ3n) is 2.02. The Kier molecular flexibility index (Phi) is 5.40. The Morgan fingerprint density at radius 1 is 1.26 bits per heavy atom. The highest BCUT2D eigenvalue weighted by Crippen LogP contribution is 2.41. The van der Waals surface area contributed by atoms with Gasteiger partial charge in [0.2, 0.25) is 5.76 Å². The van der Waals surface area contributed by atoms with Crippen molar-refractivity contribution in [1.29, 1.82) is 0 Å². The average Bonchev–Trinajstić information content (AvgIpc) is 2.34. The van der Waals surface area contributed by atoms with Gasteiger partial charge in [-0.3, -0.25) is 14.6 Å². The van der Waals surface area contributed by atoms with Crippen molar-refractivity contribution in [2.45, 2.75) is 0 Å². The van der Waals surface area contributed by atoms with Gasteiger partial charge >= 0.3 is 7.82 Å². The van der Waals surface area contributed by atoms with Crippen molar-refractivity contribution < 1.29 is 23.7 Å². The zero-order valence-electron chi connectivity index (χ0n) is 9.66. The highest BCUT2D eigenvalue weighted by atomic mass is 35.5. The molecule has 0 aliphatic rings. The van der Waals surface area contributed by atoms with Crippen LogP contribution >= 0.6 is 31.0 Å². The number of rotatable bonds is 4. The van der Waals surface area contributed by atoms with E-state index < -0.39 is 24.0 Å². The van der Waals surface area contributed by atoms with Crippen LogP contribution in [0, 0.1) is 0 Å². The number of carbonyl (C=O) groups excluding carboxylic acids is 1.